The molecule has 0 aliphatic carbocycles. The minimum atomic E-state index is 0.102. The van der Waals surface area contributed by atoms with Crippen molar-refractivity contribution in [3.8, 4) is 22.9 Å². The van der Waals surface area contributed by atoms with Crippen LogP contribution in [0.3, 0.4) is 0 Å². The maximum Gasteiger partial charge on any atom is 0.161 e. The van der Waals surface area contributed by atoms with Gasteiger partial charge in [-0.1, -0.05) is 13.8 Å². The minimum Gasteiger partial charge on any atom is -0.504 e. The fourth-order valence-electron chi connectivity index (χ4n) is 1.96. The van der Waals surface area contributed by atoms with Gasteiger partial charge in [-0.05, 0) is 46.7 Å². The Kier molecular flexibility index (Phi) is 4.87. The molecule has 0 aliphatic rings. The molecule has 6 heteroatoms. The number of nitrogens with one attached hydrogen (secondary N) is 1. The summed E-state index contributed by atoms with van der Waals surface area (Å²) in [6, 6.07) is 5.11. The van der Waals surface area contributed by atoms with Gasteiger partial charge in [-0.2, -0.15) is 0 Å². The number of hydrogen-bond acceptors (Lipinski definition) is 5. The first-order valence-electron chi connectivity index (χ1n) is 6.60. The van der Waals surface area contributed by atoms with Gasteiger partial charge in [0.15, 0.2) is 17.3 Å². The highest BCUT2D eigenvalue weighted by Crippen LogP contribution is 2.32. The average molecular weight is 399 g/mol. The van der Waals surface area contributed by atoms with Gasteiger partial charge in [0, 0.05) is 12.6 Å². The van der Waals surface area contributed by atoms with E-state index in [1.54, 1.807) is 18.2 Å². The summed E-state index contributed by atoms with van der Waals surface area (Å²) < 4.78 is 6.17. The topological polar surface area (TPSA) is 67.3 Å². The Bertz CT molecular complexity index is 660. The Morgan fingerprint density at radius 2 is 2.00 bits per heavy atom. The second-order valence-corrected chi connectivity index (χ2v) is 5.97. The first kappa shape index (κ1) is 15.8. The van der Waals surface area contributed by atoms with Crippen molar-refractivity contribution in [2.24, 2.45) is 0 Å². The third kappa shape index (κ3) is 3.20. The number of hydrogen-bond donors (Lipinski definition) is 2. The van der Waals surface area contributed by atoms with Gasteiger partial charge < -0.3 is 15.2 Å². The molecule has 0 amide bonds. The van der Waals surface area contributed by atoms with Crippen LogP contribution in [0.2, 0.25) is 0 Å². The number of aromatic hydroxyl groups is 1. The zero-order chi connectivity index (χ0) is 15.6. The third-order valence-corrected chi connectivity index (χ3v) is 4.16. The van der Waals surface area contributed by atoms with Gasteiger partial charge in [0.05, 0.1) is 16.4 Å². The smallest absolute Gasteiger partial charge is 0.161 e. The second-order valence-electron chi connectivity index (χ2n) is 4.89. The second kappa shape index (κ2) is 6.46. The summed E-state index contributed by atoms with van der Waals surface area (Å²) in [6.07, 6.45) is 0. The molecule has 1 heterocycles. The van der Waals surface area contributed by atoms with Crippen molar-refractivity contribution in [1.82, 2.24) is 9.97 Å². The first-order valence-corrected chi connectivity index (χ1v) is 7.68. The first-order chi connectivity index (χ1) is 9.97. The lowest BCUT2D eigenvalue weighted by molar-refractivity contribution is 0.373. The number of benzene rings is 1. The van der Waals surface area contributed by atoms with Crippen LogP contribution in [-0.2, 0) is 0 Å². The van der Waals surface area contributed by atoms with Crippen LogP contribution in [0.5, 0.6) is 11.5 Å². The maximum absolute atomic E-state index is 9.69. The average Bonchev–Trinajstić information content (AvgIpc) is 2.47. The number of rotatable bonds is 4. The van der Waals surface area contributed by atoms with Crippen LogP contribution >= 0.6 is 22.6 Å². The van der Waals surface area contributed by atoms with Crippen molar-refractivity contribution in [2.75, 3.05) is 19.5 Å². The highest BCUT2D eigenvalue weighted by Gasteiger charge is 2.16. The molecule has 0 unspecified atom stereocenters. The molecular formula is C15H18IN3O2. The predicted molar refractivity (Wildman–Crippen MR) is 92.0 cm³/mol. The Morgan fingerprint density at radius 3 is 2.57 bits per heavy atom. The summed E-state index contributed by atoms with van der Waals surface area (Å²) in [5.41, 5.74) is 1.80. The highest BCUT2D eigenvalue weighted by molar-refractivity contribution is 14.1. The number of methoxy groups -OCH3 is 1. The van der Waals surface area contributed by atoms with Crippen molar-refractivity contribution in [3.05, 3.63) is 27.5 Å². The van der Waals surface area contributed by atoms with E-state index in [1.807, 2.05) is 7.05 Å². The molecule has 2 N–H and O–H groups in total. The lowest BCUT2D eigenvalue weighted by Crippen LogP contribution is -2.06. The number of phenols is 1. The van der Waals surface area contributed by atoms with Crippen molar-refractivity contribution in [3.63, 3.8) is 0 Å². The summed E-state index contributed by atoms with van der Waals surface area (Å²) >= 11 is 2.26. The monoisotopic (exact) mass is 399 g/mol. The molecule has 5 nitrogen and oxygen atoms in total. The molecule has 0 aliphatic heterocycles. The number of ether oxygens (including phenoxy) is 1. The SMILES string of the molecule is CNc1nc(-c2ccc(O)c(OC)c2)nc(C(C)C)c1I. The van der Waals surface area contributed by atoms with Crippen LogP contribution in [0.1, 0.15) is 25.5 Å². The van der Waals surface area contributed by atoms with E-state index in [4.69, 9.17) is 4.74 Å². The molecule has 0 saturated carbocycles. The van der Waals surface area contributed by atoms with Crippen molar-refractivity contribution in [1.29, 1.82) is 0 Å². The molecule has 2 rings (SSSR count). The van der Waals surface area contributed by atoms with Crippen LogP contribution in [0, 0.1) is 3.57 Å². The van der Waals surface area contributed by atoms with E-state index in [0.717, 1.165) is 20.6 Å². The Hall–Kier alpha value is -1.57. The number of halogens is 1. The predicted octanol–water partition coefficient (Wildman–Crippen LogP) is 3.63. The highest BCUT2D eigenvalue weighted by atomic mass is 127. The van der Waals surface area contributed by atoms with Crippen LogP contribution in [-0.4, -0.2) is 29.2 Å². The lowest BCUT2D eigenvalue weighted by Gasteiger charge is -2.14. The quantitative estimate of drug-likeness (QED) is 0.769. The standard InChI is InChI=1S/C15H18IN3O2/c1-8(2)13-12(16)15(17-3)19-14(18-13)9-5-6-10(20)11(7-9)21-4/h5-8,20H,1-4H3,(H,17,18,19). The zero-order valence-electron chi connectivity index (χ0n) is 12.4. The zero-order valence-corrected chi connectivity index (χ0v) is 14.6. The van der Waals surface area contributed by atoms with Crippen LogP contribution in [0.4, 0.5) is 5.82 Å². The van der Waals surface area contributed by atoms with Gasteiger partial charge in [-0.15, -0.1) is 0 Å². The summed E-state index contributed by atoms with van der Waals surface area (Å²) in [6.45, 7) is 4.20. The molecule has 0 bridgehead atoms. The fraction of sp³-hybridized carbons (Fsp3) is 0.333. The van der Waals surface area contributed by atoms with Gasteiger partial charge in [-0.3, -0.25) is 0 Å². The van der Waals surface area contributed by atoms with Crippen LogP contribution in [0.15, 0.2) is 18.2 Å². The Labute approximate surface area is 137 Å². The molecule has 21 heavy (non-hydrogen) atoms. The van der Waals surface area contributed by atoms with Gasteiger partial charge >= 0.3 is 0 Å². The van der Waals surface area contributed by atoms with Gasteiger partial charge in [0.25, 0.3) is 0 Å². The van der Waals surface area contributed by atoms with Crippen molar-refractivity contribution < 1.29 is 9.84 Å². The molecule has 2 aromatic rings. The molecule has 0 atom stereocenters. The molecular weight excluding hydrogens is 381 g/mol. The molecule has 1 aromatic carbocycles. The molecule has 112 valence electrons. The molecule has 0 radical (unpaired) electrons. The maximum atomic E-state index is 9.69. The number of phenolic OH excluding ortho intramolecular Hbond substituents is 1. The number of nitrogens with zero attached hydrogens (tertiary/aromatic N) is 2. The van der Waals surface area contributed by atoms with E-state index in [0.29, 0.717) is 17.5 Å². The van der Waals surface area contributed by atoms with E-state index in [-0.39, 0.29) is 5.75 Å². The number of anilines is 1. The molecule has 0 saturated heterocycles. The van der Waals surface area contributed by atoms with Crippen molar-refractivity contribution >= 4 is 28.4 Å². The summed E-state index contributed by atoms with van der Waals surface area (Å²) in [4.78, 5) is 9.20. The van der Waals surface area contributed by atoms with Gasteiger partial charge in [0.1, 0.15) is 5.82 Å². The summed E-state index contributed by atoms with van der Waals surface area (Å²) in [7, 11) is 3.36. The minimum absolute atomic E-state index is 0.102. The van der Waals surface area contributed by atoms with Crippen LogP contribution in [0.25, 0.3) is 11.4 Å². The van der Waals surface area contributed by atoms with E-state index in [1.165, 1.54) is 7.11 Å². The fourth-order valence-corrected chi connectivity index (χ4v) is 3.09. The Morgan fingerprint density at radius 1 is 1.29 bits per heavy atom. The third-order valence-electron chi connectivity index (χ3n) is 3.10. The van der Waals surface area contributed by atoms with Gasteiger partial charge in [-0.25, -0.2) is 9.97 Å². The molecule has 1 aromatic heterocycles. The molecule has 0 spiro atoms. The lowest BCUT2D eigenvalue weighted by atomic mass is 10.1. The van der Waals surface area contributed by atoms with Crippen molar-refractivity contribution in [2.45, 2.75) is 19.8 Å². The Balaban J connectivity index is 2.61. The van der Waals surface area contributed by atoms with E-state index in [2.05, 4.69) is 51.7 Å². The number of aromatic nitrogens is 2. The normalized spacial score (nSPS) is 10.8. The van der Waals surface area contributed by atoms with Crippen LogP contribution < -0.4 is 10.1 Å². The van der Waals surface area contributed by atoms with E-state index in [9.17, 15) is 5.11 Å². The van der Waals surface area contributed by atoms with Gasteiger partial charge in [0.2, 0.25) is 0 Å². The van der Waals surface area contributed by atoms with E-state index < -0.39 is 0 Å². The molecule has 0 fully saturated rings. The summed E-state index contributed by atoms with van der Waals surface area (Å²) in [5.74, 6) is 2.22. The van der Waals surface area contributed by atoms with E-state index >= 15 is 0 Å². The largest absolute Gasteiger partial charge is 0.504 e. The summed E-state index contributed by atoms with van der Waals surface area (Å²) in [5, 5.41) is 12.8.